The molecule has 75 heavy (non-hydrogen) atoms. The second-order valence-electron chi connectivity index (χ2n) is 25.2. The van der Waals surface area contributed by atoms with Gasteiger partial charge in [0.15, 0.2) is 12.4 Å². The van der Waals surface area contributed by atoms with Gasteiger partial charge in [0, 0.05) is 68.5 Å². The van der Waals surface area contributed by atoms with Gasteiger partial charge in [-0.05, 0) is 114 Å². The molecule has 0 saturated carbocycles. The summed E-state index contributed by atoms with van der Waals surface area (Å²) in [5, 5.41) is 2.25. The van der Waals surface area contributed by atoms with Gasteiger partial charge in [-0.1, -0.05) is 182 Å². The van der Waals surface area contributed by atoms with E-state index in [0.717, 1.165) is 33.3 Å². The largest absolute Gasteiger partial charge is 0.509 e. The number of hydrogen-bond acceptors (Lipinski definition) is 2. The first-order valence-electron chi connectivity index (χ1n) is 26.9. The first-order valence-corrected chi connectivity index (χ1v) is 26.9. The summed E-state index contributed by atoms with van der Waals surface area (Å²) in [5.74, 6) is 3.30. The predicted molar refractivity (Wildman–Crippen MR) is 312 cm³/mol. The fourth-order valence-electron chi connectivity index (χ4n) is 11.5. The predicted octanol–water partition coefficient (Wildman–Crippen LogP) is 19.5. The maximum absolute atomic E-state index is 7.11. The van der Waals surface area contributed by atoms with Crippen LogP contribution in [0.4, 0.5) is 22.7 Å². The van der Waals surface area contributed by atoms with E-state index in [0.29, 0.717) is 38.4 Å². The molecule has 0 N–H and O–H groups in total. The molecule has 1 fully saturated rings. The van der Waals surface area contributed by atoms with Crippen LogP contribution in [0.25, 0.3) is 49.9 Å². The molecule has 1 unspecified atom stereocenters. The van der Waals surface area contributed by atoms with E-state index in [1.54, 1.807) is 0 Å². The number of aromatic nitrogens is 2. The van der Waals surface area contributed by atoms with Crippen LogP contribution in [0.1, 0.15) is 155 Å². The minimum absolute atomic E-state index is 0. The van der Waals surface area contributed by atoms with Crippen molar-refractivity contribution in [1.82, 2.24) is 18.7 Å². The quantitative estimate of drug-likeness (QED) is 0.0775. The Morgan fingerprint density at radius 3 is 1.83 bits per heavy atom. The number of rotatable bonds is 10. The number of benzene rings is 7. The Labute approximate surface area is 461 Å². The summed E-state index contributed by atoms with van der Waals surface area (Å²) in [6, 6.07) is 59.8. The first-order chi connectivity index (χ1) is 35.0. The van der Waals surface area contributed by atoms with E-state index in [2.05, 4.69) is 267 Å². The zero-order valence-corrected chi connectivity index (χ0v) is 49.0. The zero-order valence-electron chi connectivity index (χ0n) is 46.7. The van der Waals surface area contributed by atoms with Crippen LogP contribution in [-0.4, -0.2) is 9.55 Å². The molecule has 2 aromatic heterocycles. The van der Waals surface area contributed by atoms with Crippen LogP contribution in [0.3, 0.4) is 0 Å². The van der Waals surface area contributed by atoms with E-state index in [1.807, 2.05) is 6.20 Å². The van der Waals surface area contributed by atoms with Gasteiger partial charge in [0.25, 0.3) is 0 Å². The molecule has 0 radical (unpaired) electrons. The number of para-hydroxylation sites is 1. The molecule has 2 atom stereocenters. The van der Waals surface area contributed by atoms with Crippen molar-refractivity contribution >= 4 is 44.6 Å². The minimum Gasteiger partial charge on any atom is -0.509 e. The van der Waals surface area contributed by atoms with Gasteiger partial charge >= 0.3 is 0 Å². The standard InChI is InChI=1S/C69H73N4O.Pt/c1-43(2)48-33-59(44(3)4)66(60(34-48)45(5)6)47-25-28-63-64(35-47)73(42-72(63,73)53-32-49(46-21-17-16-18-22-46)31-51(36-53)68(10,11)12)54-37-52(69(13,14)15)38-56(40-54)74-55-26-27-58-57-23-19-20-24-61(57)71(62(58)41-55)65-39-50(29-30-70-65)67(7,8)9;/h16-39,42-45H,1-15H3;/q-1;/t72-,73?;/m0./s1. The maximum atomic E-state index is 7.11. The van der Waals surface area contributed by atoms with Crippen molar-refractivity contribution in [3.63, 3.8) is 0 Å². The van der Waals surface area contributed by atoms with Crippen molar-refractivity contribution in [3.05, 3.63) is 198 Å². The monoisotopic (exact) mass is 1170 g/mol. The molecule has 9 aromatic rings. The number of fused-ring (bicyclic) bond motifs is 7. The average molecular weight is 1170 g/mol. The summed E-state index contributed by atoms with van der Waals surface area (Å²) < 4.78 is 10.4. The molecule has 0 spiro atoms. The third kappa shape index (κ3) is 8.72. The number of quaternary nitrogens is 2. The van der Waals surface area contributed by atoms with Crippen LogP contribution >= 0.6 is 0 Å². The molecule has 0 bridgehead atoms. The SMILES string of the molecule is CC(C)c1cc(C(C)C)c(-c2ccc3c(c2)[N+]2(c4[c-]c(Oc5[c-]c6c(cc5)c5ccccc5n6-c5cc(C(C)(C)C)ccn5)cc(C(C)(C)C)c4)[CH-][N@+]32c2cc(-c3ccccc3)cc(C(C)(C)C)c2)c(C(C)C)c1.[Pt]. The van der Waals surface area contributed by atoms with Crippen molar-refractivity contribution in [2.24, 2.45) is 0 Å². The van der Waals surface area contributed by atoms with E-state index >= 15 is 0 Å². The smallest absolute Gasteiger partial charge is 0.225 e. The van der Waals surface area contributed by atoms with Gasteiger partial charge in [0.2, 0.25) is 11.4 Å². The fraction of sp³-hybridized carbons (Fsp3) is 0.304. The van der Waals surface area contributed by atoms with E-state index in [1.165, 1.54) is 72.7 Å². The van der Waals surface area contributed by atoms with Crippen LogP contribution in [-0.2, 0) is 37.3 Å². The Morgan fingerprint density at radius 1 is 0.520 bits per heavy atom. The molecule has 0 amide bonds. The van der Waals surface area contributed by atoms with E-state index in [-0.39, 0.29) is 37.3 Å². The van der Waals surface area contributed by atoms with E-state index in [4.69, 9.17) is 9.72 Å². The Morgan fingerprint density at radius 2 is 1.17 bits per heavy atom. The summed E-state index contributed by atoms with van der Waals surface area (Å²) in [5.41, 5.74) is 19.5. The zero-order chi connectivity index (χ0) is 52.4. The van der Waals surface area contributed by atoms with Gasteiger partial charge < -0.3 is 9.30 Å². The van der Waals surface area contributed by atoms with Crippen LogP contribution in [0.2, 0.25) is 0 Å². The number of hydrogen-bond donors (Lipinski definition) is 0. The molecule has 1 saturated heterocycles. The van der Waals surface area contributed by atoms with Gasteiger partial charge in [-0.3, -0.25) is 0 Å². The Bertz CT molecular complexity index is 3640. The van der Waals surface area contributed by atoms with Crippen LogP contribution in [0, 0.1) is 18.8 Å². The Hall–Kier alpha value is -6.10. The van der Waals surface area contributed by atoms with Crippen LogP contribution < -0.4 is 13.9 Å². The van der Waals surface area contributed by atoms with Crippen molar-refractivity contribution in [2.45, 2.75) is 138 Å². The molecule has 11 rings (SSSR count). The molecule has 5 nitrogen and oxygen atoms in total. The molecule has 7 aromatic carbocycles. The summed E-state index contributed by atoms with van der Waals surface area (Å²) in [7, 11) is 0. The summed E-state index contributed by atoms with van der Waals surface area (Å²) in [6.45, 7) is 37.1. The molecule has 6 heteroatoms. The number of pyridine rings is 1. The molecular weight excluding hydrogens is 1100 g/mol. The molecular formula is C69H73N4OPt-. The van der Waals surface area contributed by atoms with Gasteiger partial charge in [0.05, 0.1) is 5.69 Å². The van der Waals surface area contributed by atoms with Crippen molar-refractivity contribution in [3.8, 4) is 39.6 Å². The average Bonchev–Trinajstić information content (AvgIpc) is 3.86. The van der Waals surface area contributed by atoms with Crippen molar-refractivity contribution < 1.29 is 25.8 Å². The molecule has 2 aliphatic heterocycles. The van der Waals surface area contributed by atoms with Gasteiger partial charge in [-0.25, -0.2) is 9.58 Å². The topological polar surface area (TPSA) is 27.1 Å². The minimum atomic E-state index is -0.200. The summed E-state index contributed by atoms with van der Waals surface area (Å²) in [6.07, 6.45) is 1.93. The summed E-state index contributed by atoms with van der Waals surface area (Å²) >= 11 is 0. The number of ether oxygens (including phenoxy) is 1. The molecule has 4 heterocycles. The molecule has 2 aliphatic rings. The molecule has 0 aliphatic carbocycles. The fourth-order valence-corrected chi connectivity index (χ4v) is 11.5. The Balaban J connectivity index is 0.00000641. The van der Waals surface area contributed by atoms with Gasteiger partial charge in [-0.2, -0.15) is 10.7 Å². The van der Waals surface area contributed by atoms with Gasteiger partial charge in [0.1, 0.15) is 5.82 Å². The van der Waals surface area contributed by atoms with Crippen LogP contribution in [0.5, 0.6) is 11.5 Å². The van der Waals surface area contributed by atoms with Crippen molar-refractivity contribution in [1.29, 1.82) is 0 Å². The summed E-state index contributed by atoms with van der Waals surface area (Å²) in [4.78, 5) is 4.95. The van der Waals surface area contributed by atoms with E-state index in [9.17, 15) is 0 Å². The van der Waals surface area contributed by atoms with Crippen LogP contribution in [0.15, 0.2) is 146 Å². The maximum Gasteiger partial charge on any atom is 0.225 e. The third-order valence-electron chi connectivity index (χ3n) is 15.9. The Kier molecular flexibility index (Phi) is 13.0. The third-order valence-corrected chi connectivity index (χ3v) is 15.9. The normalized spacial score (nSPS) is 17.3. The first kappa shape index (κ1) is 52.3. The van der Waals surface area contributed by atoms with Crippen molar-refractivity contribution in [2.75, 3.05) is 0 Å². The van der Waals surface area contributed by atoms with Gasteiger partial charge in [-0.15, -0.1) is 35.2 Å². The molecule has 386 valence electrons. The van der Waals surface area contributed by atoms with E-state index < -0.39 is 0 Å². The second kappa shape index (κ2) is 18.6. The second-order valence-corrected chi connectivity index (χ2v) is 25.2. The number of nitrogens with zero attached hydrogens (tertiary/aromatic N) is 4.